The van der Waals surface area contributed by atoms with Crippen LogP contribution in [0, 0.1) is 6.92 Å². The Kier molecular flexibility index (Phi) is 4.76. The molecule has 1 aliphatic heterocycles. The highest BCUT2D eigenvalue weighted by Gasteiger charge is 2.22. The molecule has 3 rings (SSSR count). The van der Waals surface area contributed by atoms with Crippen LogP contribution < -0.4 is 10.2 Å². The lowest BCUT2D eigenvalue weighted by Crippen LogP contribution is -2.50. The summed E-state index contributed by atoms with van der Waals surface area (Å²) in [5.41, 5.74) is 1.87. The first-order valence-electron chi connectivity index (χ1n) is 7.47. The van der Waals surface area contributed by atoms with Crippen molar-refractivity contribution in [2.45, 2.75) is 6.92 Å². The average Bonchev–Trinajstić information content (AvgIpc) is 2.58. The molecule has 6 nitrogen and oxygen atoms in total. The summed E-state index contributed by atoms with van der Waals surface area (Å²) in [5, 5.41) is 2.98. The van der Waals surface area contributed by atoms with Gasteiger partial charge in [-0.15, -0.1) is 0 Å². The molecule has 1 saturated heterocycles. The van der Waals surface area contributed by atoms with Crippen LogP contribution in [0.5, 0.6) is 0 Å². The van der Waals surface area contributed by atoms with Crippen LogP contribution >= 0.6 is 15.9 Å². The van der Waals surface area contributed by atoms with Gasteiger partial charge in [0.2, 0.25) is 5.95 Å². The van der Waals surface area contributed by atoms with Crippen LogP contribution in [0.25, 0.3) is 0 Å². The zero-order valence-electron chi connectivity index (χ0n) is 12.9. The highest BCUT2D eigenvalue weighted by atomic mass is 79.9. The van der Waals surface area contributed by atoms with Gasteiger partial charge in [-0.25, -0.2) is 14.8 Å². The lowest BCUT2D eigenvalue weighted by molar-refractivity contribution is 0.208. The van der Waals surface area contributed by atoms with Gasteiger partial charge < -0.3 is 15.1 Å². The number of aromatic nitrogens is 2. The van der Waals surface area contributed by atoms with Crippen LogP contribution in [-0.2, 0) is 0 Å². The van der Waals surface area contributed by atoms with Gasteiger partial charge in [-0.05, 0) is 36.8 Å². The quantitative estimate of drug-likeness (QED) is 0.876. The van der Waals surface area contributed by atoms with E-state index in [0.717, 1.165) is 34.8 Å². The minimum absolute atomic E-state index is 0.0657. The highest BCUT2D eigenvalue weighted by molar-refractivity contribution is 9.10. The third-order valence-electron chi connectivity index (χ3n) is 3.83. The summed E-state index contributed by atoms with van der Waals surface area (Å²) in [4.78, 5) is 24.8. The number of nitrogens with one attached hydrogen (secondary N) is 1. The Bertz CT molecular complexity index is 686. The number of urea groups is 1. The van der Waals surface area contributed by atoms with E-state index in [0.29, 0.717) is 13.1 Å². The number of hydrogen-bond donors (Lipinski definition) is 1. The van der Waals surface area contributed by atoms with Crippen LogP contribution in [-0.4, -0.2) is 47.1 Å². The maximum Gasteiger partial charge on any atom is 0.321 e. The SMILES string of the molecule is Cc1cc(Br)ccc1NC(=O)N1CCN(c2ncccn2)CC1. The predicted molar refractivity (Wildman–Crippen MR) is 93.7 cm³/mol. The maximum absolute atomic E-state index is 12.4. The Morgan fingerprint density at radius 2 is 1.87 bits per heavy atom. The van der Waals surface area contributed by atoms with Crippen LogP contribution in [0.15, 0.2) is 41.1 Å². The number of benzene rings is 1. The van der Waals surface area contributed by atoms with Crippen molar-refractivity contribution in [1.29, 1.82) is 0 Å². The molecule has 0 saturated carbocycles. The summed E-state index contributed by atoms with van der Waals surface area (Å²) in [7, 11) is 0. The van der Waals surface area contributed by atoms with Gasteiger partial charge in [-0.3, -0.25) is 0 Å². The third kappa shape index (κ3) is 3.79. The molecular formula is C16H18BrN5O. The summed E-state index contributed by atoms with van der Waals surface area (Å²) < 4.78 is 1.00. The van der Waals surface area contributed by atoms with Gasteiger partial charge in [0.15, 0.2) is 0 Å². The van der Waals surface area contributed by atoms with Gasteiger partial charge in [-0.1, -0.05) is 15.9 Å². The molecule has 0 spiro atoms. The zero-order chi connectivity index (χ0) is 16.2. The van der Waals surface area contributed by atoms with Crippen molar-refractivity contribution in [2.24, 2.45) is 0 Å². The van der Waals surface area contributed by atoms with Crippen LogP contribution in [0.1, 0.15) is 5.56 Å². The minimum atomic E-state index is -0.0657. The summed E-state index contributed by atoms with van der Waals surface area (Å²) in [6, 6.07) is 7.55. The Balaban J connectivity index is 1.58. The van der Waals surface area contributed by atoms with E-state index in [1.165, 1.54) is 0 Å². The molecule has 0 unspecified atom stereocenters. The predicted octanol–water partition coefficient (Wildman–Crippen LogP) is 2.90. The highest BCUT2D eigenvalue weighted by Crippen LogP contribution is 2.20. The van der Waals surface area contributed by atoms with E-state index < -0.39 is 0 Å². The van der Waals surface area contributed by atoms with Gasteiger partial charge in [0, 0.05) is 48.7 Å². The molecule has 0 atom stereocenters. The molecule has 0 radical (unpaired) electrons. The molecular weight excluding hydrogens is 358 g/mol. The normalized spacial score (nSPS) is 14.7. The molecule has 1 fully saturated rings. The van der Waals surface area contributed by atoms with Gasteiger partial charge >= 0.3 is 6.03 Å². The minimum Gasteiger partial charge on any atom is -0.337 e. The number of nitrogens with zero attached hydrogens (tertiary/aromatic N) is 4. The zero-order valence-corrected chi connectivity index (χ0v) is 14.5. The van der Waals surface area contributed by atoms with E-state index in [1.54, 1.807) is 18.5 Å². The Labute approximate surface area is 143 Å². The first kappa shape index (κ1) is 15.7. The number of piperazine rings is 1. The number of carbonyl (C=O) groups is 1. The van der Waals surface area contributed by atoms with E-state index in [4.69, 9.17) is 0 Å². The van der Waals surface area contributed by atoms with Gasteiger partial charge in [0.05, 0.1) is 0 Å². The monoisotopic (exact) mass is 375 g/mol. The van der Waals surface area contributed by atoms with E-state index >= 15 is 0 Å². The Morgan fingerprint density at radius 1 is 1.17 bits per heavy atom. The fourth-order valence-electron chi connectivity index (χ4n) is 2.53. The molecule has 1 aliphatic rings. The summed E-state index contributed by atoms with van der Waals surface area (Å²) >= 11 is 3.43. The lowest BCUT2D eigenvalue weighted by Gasteiger charge is -2.34. The molecule has 23 heavy (non-hydrogen) atoms. The first-order valence-corrected chi connectivity index (χ1v) is 8.27. The standard InChI is InChI=1S/C16H18BrN5O/c1-12-11-13(17)3-4-14(12)20-16(23)22-9-7-21(8-10-22)15-18-5-2-6-19-15/h2-6,11H,7-10H2,1H3,(H,20,23). The van der Waals surface area contributed by atoms with E-state index in [2.05, 4.69) is 36.1 Å². The molecule has 0 aliphatic carbocycles. The van der Waals surface area contributed by atoms with Crippen molar-refractivity contribution in [3.8, 4) is 0 Å². The van der Waals surface area contributed by atoms with E-state index in [-0.39, 0.29) is 6.03 Å². The second-order valence-electron chi connectivity index (χ2n) is 5.41. The fourth-order valence-corrected chi connectivity index (χ4v) is 3.00. The van der Waals surface area contributed by atoms with E-state index in [9.17, 15) is 4.79 Å². The van der Waals surface area contributed by atoms with Crippen molar-refractivity contribution < 1.29 is 4.79 Å². The number of amides is 2. The second kappa shape index (κ2) is 6.95. The van der Waals surface area contributed by atoms with Crippen molar-refractivity contribution in [3.05, 3.63) is 46.7 Å². The maximum atomic E-state index is 12.4. The molecule has 120 valence electrons. The molecule has 2 heterocycles. The summed E-state index contributed by atoms with van der Waals surface area (Å²) in [5.74, 6) is 0.719. The number of anilines is 2. The molecule has 7 heteroatoms. The molecule has 1 aromatic carbocycles. The molecule has 2 amide bonds. The summed E-state index contributed by atoms with van der Waals surface area (Å²) in [6.45, 7) is 4.75. The van der Waals surface area contributed by atoms with Crippen molar-refractivity contribution in [2.75, 3.05) is 36.4 Å². The molecule has 2 aromatic rings. The van der Waals surface area contributed by atoms with Crippen molar-refractivity contribution in [1.82, 2.24) is 14.9 Å². The third-order valence-corrected chi connectivity index (χ3v) is 4.33. The topological polar surface area (TPSA) is 61.4 Å². The number of aryl methyl sites for hydroxylation is 1. The number of carbonyl (C=O) groups excluding carboxylic acids is 1. The van der Waals surface area contributed by atoms with Crippen LogP contribution in [0.3, 0.4) is 0 Å². The first-order chi connectivity index (χ1) is 11.1. The van der Waals surface area contributed by atoms with Gasteiger partial charge in [0.25, 0.3) is 0 Å². The number of rotatable bonds is 2. The van der Waals surface area contributed by atoms with Crippen molar-refractivity contribution in [3.63, 3.8) is 0 Å². The van der Waals surface area contributed by atoms with E-state index in [1.807, 2.05) is 30.0 Å². The molecule has 0 bridgehead atoms. The van der Waals surface area contributed by atoms with Crippen LogP contribution in [0.2, 0.25) is 0 Å². The fraction of sp³-hybridized carbons (Fsp3) is 0.312. The summed E-state index contributed by atoms with van der Waals surface area (Å²) in [6.07, 6.45) is 3.47. The van der Waals surface area contributed by atoms with Gasteiger partial charge in [-0.2, -0.15) is 0 Å². The van der Waals surface area contributed by atoms with Crippen molar-refractivity contribution >= 4 is 33.6 Å². The lowest BCUT2D eigenvalue weighted by atomic mass is 10.2. The Morgan fingerprint density at radius 3 is 2.52 bits per heavy atom. The Hall–Kier alpha value is -2.15. The smallest absolute Gasteiger partial charge is 0.321 e. The molecule has 1 aromatic heterocycles. The number of hydrogen-bond acceptors (Lipinski definition) is 4. The molecule has 1 N–H and O–H groups in total. The van der Waals surface area contributed by atoms with Gasteiger partial charge in [0.1, 0.15) is 0 Å². The average molecular weight is 376 g/mol. The van der Waals surface area contributed by atoms with Crippen LogP contribution in [0.4, 0.5) is 16.4 Å². The number of halogens is 1. The second-order valence-corrected chi connectivity index (χ2v) is 6.33. The largest absolute Gasteiger partial charge is 0.337 e.